The lowest BCUT2D eigenvalue weighted by Crippen LogP contribution is -2.37. The molecule has 4 nitrogen and oxygen atoms in total. The predicted octanol–water partition coefficient (Wildman–Crippen LogP) is -0.607. The summed E-state index contributed by atoms with van der Waals surface area (Å²) >= 11 is 5.64. The number of likely N-dealkylation sites (tertiary alicyclic amines) is 1. The molecule has 2 atom stereocenters. The SMILES string of the molecule is NCC(O)CN1CC(CCl)CC1=O. The number of alkyl halides is 1. The van der Waals surface area contributed by atoms with E-state index in [2.05, 4.69) is 0 Å². The number of aliphatic hydroxyl groups is 1. The molecule has 5 heteroatoms. The third-order valence-electron chi connectivity index (χ3n) is 2.22. The summed E-state index contributed by atoms with van der Waals surface area (Å²) in [6.07, 6.45) is -0.112. The molecule has 1 rings (SSSR count). The van der Waals surface area contributed by atoms with E-state index in [9.17, 15) is 9.90 Å². The Labute approximate surface area is 82.6 Å². The van der Waals surface area contributed by atoms with E-state index in [1.54, 1.807) is 4.90 Å². The van der Waals surface area contributed by atoms with Crippen LogP contribution in [-0.2, 0) is 4.79 Å². The first kappa shape index (κ1) is 10.8. The number of aliphatic hydroxyl groups excluding tert-OH is 1. The van der Waals surface area contributed by atoms with Gasteiger partial charge in [-0.15, -0.1) is 11.6 Å². The highest BCUT2D eigenvalue weighted by molar-refractivity contribution is 6.18. The van der Waals surface area contributed by atoms with Gasteiger partial charge in [-0.05, 0) is 5.92 Å². The second-order valence-corrected chi connectivity index (χ2v) is 3.72. The van der Waals surface area contributed by atoms with E-state index in [1.807, 2.05) is 0 Å². The number of halogens is 1. The predicted molar refractivity (Wildman–Crippen MR) is 50.5 cm³/mol. The van der Waals surface area contributed by atoms with Gasteiger partial charge in [0.15, 0.2) is 0 Å². The van der Waals surface area contributed by atoms with Crippen molar-refractivity contribution >= 4 is 17.5 Å². The number of nitrogens with two attached hydrogens (primary N) is 1. The molecule has 0 bridgehead atoms. The van der Waals surface area contributed by atoms with Crippen LogP contribution in [0.25, 0.3) is 0 Å². The van der Waals surface area contributed by atoms with E-state index in [-0.39, 0.29) is 18.4 Å². The summed E-state index contributed by atoms with van der Waals surface area (Å²) in [5.41, 5.74) is 5.25. The largest absolute Gasteiger partial charge is 0.390 e. The Bertz CT molecular complexity index is 189. The molecule has 0 saturated carbocycles. The van der Waals surface area contributed by atoms with Crippen LogP contribution < -0.4 is 5.73 Å². The van der Waals surface area contributed by atoms with Crippen LogP contribution in [0.4, 0.5) is 0 Å². The number of hydrogen-bond donors (Lipinski definition) is 2. The van der Waals surface area contributed by atoms with Gasteiger partial charge in [0.25, 0.3) is 0 Å². The molecule has 76 valence electrons. The van der Waals surface area contributed by atoms with Gasteiger partial charge in [0, 0.05) is 31.9 Å². The maximum absolute atomic E-state index is 11.3. The van der Waals surface area contributed by atoms with Crippen molar-refractivity contribution in [3.05, 3.63) is 0 Å². The highest BCUT2D eigenvalue weighted by Crippen LogP contribution is 2.18. The quantitative estimate of drug-likeness (QED) is 0.604. The van der Waals surface area contributed by atoms with Gasteiger partial charge >= 0.3 is 0 Å². The number of carbonyl (C=O) groups excluding carboxylic acids is 1. The van der Waals surface area contributed by atoms with Crippen molar-refractivity contribution < 1.29 is 9.90 Å². The van der Waals surface area contributed by atoms with Gasteiger partial charge in [-0.1, -0.05) is 0 Å². The second kappa shape index (κ2) is 4.79. The molecule has 0 aromatic carbocycles. The maximum atomic E-state index is 11.3. The summed E-state index contributed by atoms with van der Waals surface area (Å²) in [6.45, 7) is 1.18. The van der Waals surface area contributed by atoms with Crippen LogP contribution in [0.15, 0.2) is 0 Å². The molecule has 1 aliphatic rings. The smallest absolute Gasteiger partial charge is 0.223 e. The van der Waals surface area contributed by atoms with Crippen molar-refractivity contribution in [2.45, 2.75) is 12.5 Å². The van der Waals surface area contributed by atoms with Crippen molar-refractivity contribution in [3.63, 3.8) is 0 Å². The monoisotopic (exact) mass is 206 g/mol. The molecule has 0 radical (unpaired) electrons. The molecule has 0 aliphatic carbocycles. The van der Waals surface area contributed by atoms with Crippen LogP contribution in [0.5, 0.6) is 0 Å². The fraction of sp³-hybridized carbons (Fsp3) is 0.875. The van der Waals surface area contributed by atoms with E-state index < -0.39 is 6.10 Å². The molecule has 0 aromatic rings. The Morgan fingerprint density at radius 1 is 1.77 bits per heavy atom. The normalized spacial score (nSPS) is 25.3. The molecule has 0 aromatic heterocycles. The Morgan fingerprint density at radius 3 is 2.92 bits per heavy atom. The van der Waals surface area contributed by atoms with Crippen molar-refractivity contribution in [1.82, 2.24) is 4.90 Å². The third kappa shape index (κ3) is 2.83. The molecular weight excluding hydrogens is 192 g/mol. The Morgan fingerprint density at radius 2 is 2.46 bits per heavy atom. The van der Waals surface area contributed by atoms with Crippen LogP contribution in [0.3, 0.4) is 0 Å². The summed E-state index contributed by atoms with van der Waals surface area (Å²) in [5.74, 6) is 0.804. The first-order valence-electron chi connectivity index (χ1n) is 4.39. The molecular formula is C8H15ClN2O2. The zero-order valence-corrected chi connectivity index (χ0v) is 8.20. The van der Waals surface area contributed by atoms with E-state index in [0.717, 1.165) is 0 Å². The molecule has 2 unspecified atom stereocenters. The topological polar surface area (TPSA) is 66.6 Å². The number of amides is 1. The van der Waals surface area contributed by atoms with E-state index in [4.69, 9.17) is 17.3 Å². The molecule has 3 N–H and O–H groups in total. The minimum atomic E-state index is -0.613. The summed E-state index contributed by atoms with van der Waals surface area (Å²) in [7, 11) is 0. The summed E-state index contributed by atoms with van der Waals surface area (Å²) in [5, 5.41) is 9.24. The highest BCUT2D eigenvalue weighted by Gasteiger charge is 2.29. The first-order valence-corrected chi connectivity index (χ1v) is 4.92. The van der Waals surface area contributed by atoms with Gasteiger partial charge in [0.2, 0.25) is 5.91 Å². The fourth-order valence-electron chi connectivity index (χ4n) is 1.46. The average molecular weight is 207 g/mol. The third-order valence-corrected chi connectivity index (χ3v) is 2.65. The number of hydrogen-bond acceptors (Lipinski definition) is 3. The minimum absolute atomic E-state index is 0.0677. The lowest BCUT2D eigenvalue weighted by molar-refractivity contribution is -0.128. The molecule has 0 spiro atoms. The van der Waals surface area contributed by atoms with Gasteiger partial charge in [0.1, 0.15) is 0 Å². The summed E-state index contributed by atoms with van der Waals surface area (Å²) in [6, 6.07) is 0. The van der Waals surface area contributed by atoms with Crippen LogP contribution in [-0.4, -0.2) is 47.5 Å². The minimum Gasteiger partial charge on any atom is -0.390 e. The van der Waals surface area contributed by atoms with Gasteiger partial charge < -0.3 is 15.7 Å². The van der Waals surface area contributed by atoms with Crippen LogP contribution >= 0.6 is 11.6 Å². The molecule has 13 heavy (non-hydrogen) atoms. The van der Waals surface area contributed by atoms with Crippen LogP contribution in [0.1, 0.15) is 6.42 Å². The van der Waals surface area contributed by atoms with Crippen molar-refractivity contribution in [3.8, 4) is 0 Å². The van der Waals surface area contributed by atoms with Crippen molar-refractivity contribution in [2.75, 3.05) is 25.5 Å². The van der Waals surface area contributed by atoms with E-state index in [0.29, 0.717) is 25.4 Å². The Balaban J connectivity index is 2.39. The van der Waals surface area contributed by atoms with Crippen LogP contribution in [0.2, 0.25) is 0 Å². The zero-order chi connectivity index (χ0) is 9.84. The highest BCUT2D eigenvalue weighted by atomic mass is 35.5. The zero-order valence-electron chi connectivity index (χ0n) is 7.45. The number of β-amino-alcohol motifs (C(OH)–C–C–N with tert-alkyl or cyclic N) is 1. The van der Waals surface area contributed by atoms with Gasteiger partial charge in [-0.25, -0.2) is 0 Å². The second-order valence-electron chi connectivity index (χ2n) is 3.41. The van der Waals surface area contributed by atoms with Crippen LogP contribution in [0, 0.1) is 5.92 Å². The van der Waals surface area contributed by atoms with Gasteiger partial charge in [-0.2, -0.15) is 0 Å². The first-order chi connectivity index (χ1) is 6.17. The van der Waals surface area contributed by atoms with Gasteiger partial charge in [0.05, 0.1) is 6.10 Å². The number of rotatable bonds is 4. The Hall–Kier alpha value is -0.320. The lowest BCUT2D eigenvalue weighted by atomic mass is 10.1. The standard InChI is InChI=1S/C8H15ClN2O2/c9-2-6-1-8(13)11(4-6)5-7(12)3-10/h6-7,12H,1-5,10H2. The molecule has 1 saturated heterocycles. The molecule has 1 heterocycles. The van der Waals surface area contributed by atoms with Gasteiger partial charge in [-0.3, -0.25) is 4.79 Å². The summed E-state index contributed by atoms with van der Waals surface area (Å²) in [4.78, 5) is 12.9. The summed E-state index contributed by atoms with van der Waals surface area (Å²) < 4.78 is 0. The van der Waals surface area contributed by atoms with Crippen molar-refractivity contribution in [2.24, 2.45) is 11.7 Å². The molecule has 1 aliphatic heterocycles. The average Bonchev–Trinajstić information content (AvgIpc) is 2.47. The number of carbonyl (C=O) groups is 1. The maximum Gasteiger partial charge on any atom is 0.223 e. The molecule has 1 amide bonds. The fourth-order valence-corrected chi connectivity index (χ4v) is 1.67. The molecule has 1 fully saturated rings. The van der Waals surface area contributed by atoms with E-state index >= 15 is 0 Å². The van der Waals surface area contributed by atoms with E-state index in [1.165, 1.54) is 0 Å². The number of nitrogens with zero attached hydrogens (tertiary/aromatic N) is 1. The Kier molecular flexibility index (Phi) is 3.96. The lowest BCUT2D eigenvalue weighted by Gasteiger charge is -2.19. The van der Waals surface area contributed by atoms with Crippen molar-refractivity contribution in [1.29, 1.82) is 0 Å².